The van der Waals surface area contributed by atoms with E-state index in [2.05, 4.69) is 29.3 Å². The van der Waals surface area contributed by atoms with Crippen LogP contribution in [-0.2, 0) is 6.54 Å². The highest BCUT2D eigenvalue weighted by molar-refractivity contribution is 7.11. The molecule has 0 saturated carbocycles. The summed E-state index contributed by atoms with van der Waals surface area (Å²) in [6.07, 6.45) is 0. The molecule has 0 fully saturated rings. The van der Waals surface area contributed by atoms with Gasteiger partial charge in [-0.25, -0.2) is 0 Å². The lowest BCUT2D eigenvalue weighted by molar-refractivity contribution is 0.606. The summed E-state index contributed by atoms with van der Waals surface area (Å²) in [7, 11) is 0. The number of nitrogens with zero attached hydrogens (tertiary/aromatic N) is 3. The molecular formula is C12H11N3S. The van der Waals surface area contributed by atoms with Gasteiger partial charge in [0.05, 0.1) is 6.54 Å². The monoisotopic (exact) mass is 229 g/mol. The standard InChI is InChI=1S/C12H11N3S/c1-9-6-7-10(16-9)8-15-13-11-4-2-3-5-12(11)14-15/h2-7H,8H2,1H3. The molecule has 4 heteroatoms. The van der Waals surface area contributed by atoms with Gasteiger partial charge in [-0.05, 0) is 31.2 Å². The van der Waals surface area contributed by atoms with Crippen molar-refractivity contribution in [2.75, 3.05) is 0 Å². The van der Waals surface area contributed by atoms with Gasteiger partial charge in [-0.15, -0.1) is 11.3 Å². The Morgan fingerprint density at radius 1 is 1.06 bits per heavy atom. The molecule has 0 atom stereocenters. The Labute approximate surface area is 97.3 Å². The van der Waals surface area contributed by atoms with E-state index in [4.69, 9.17) is 0 Å². The van der Waals surface area contributed by atoms with E-state index in [-0.39, 0.29) is 0 Å². The van der Waals surface area contributed by atoms with E-state index < -0.39 is 0 Å². The largest absolute Gasteiger partial charge is 0.178 e. The maximum Gasteiger partial charge on any atom is 0.113 e. The lowest BCUT2D eigenvalue weighted by Crippen LogP contribution is -2.01. The first-order chi connectivity index (χ1) is 7.81. The molecule has 2 heterocycles. The van der Waals surface area contributed by atoms with Crippen molar-refractivity contribution < 1.29 is 0 Å². The SMILES string of the molecule is Cc1ccc(Cn2nc3ccccc3n2)s1. The van der Waals surface area contributed by atoms with E-state index >= 15 is 0 Å². The van der Waals surface area contributed by atoms with Crippen molar-refractivity contribution in [3.63, 3.8) is 0 Å². The van der Waals surface area contributed by atoms with Gasteiger partial charge < -0.3 is 0 Å². The summed E-state index contributed by atoms with van der Waals surface area (Å²) in [6.45, 7) is 2.87. The summed E-state index contributed by atoms with van der Waals surface area (Å²) in [5, 5.41) is 8.86. The van der Waals surface area contributed by atoms with Crippen molar-refractivity contribution in [2.24, 2.45) is 0 Å². The van der Waals surface area contributed by atoms with Crippen LogP contribution in [0.15, 0.2) is 36.4 Å². The molecule has 0 unspecified atom stereocenters. The molecule has 3 nitrogen and oxygen atoms in total. The van der Waals surface area contributed by atoms with Crippen molar-refractivity contribution >= 4 is 22.4 Å². The summed E-state index contributed by atoms with van der Waals surface area (Å²) < 4.78 is 0. The van der Waals surface area contributed by atoms with Gasteiger partial charge in [0, 0.05) is 9.75 Å². The van der Waals surface area contributed by atoms with E-state index in [1.165, 1.54) is 9.75 Å². The molecule has 0 amide bonds. The van der Waals surface area contributed by atoms with Gasteiger partial charge in [0.15, 0.2) is 0 Å². The molecule has 3 aromatic rings. The average molecular weight is 229 g/mol. The summed E-state index contributed by atoms with van der Waals surface area (Å²) >= 11 is 1.79. The Hall–Kier alpha value is -1.68. The van der Waals surface area contributed by atoms with Gasteiger partial charge >= 0.3 is 0 Å². The molecule has 0 aliphatic heterocycles. The van der Waals surface area contributed by atoms with Gasteiger partial charge in [0.1, 0.15) is 11.0 Å². The second kappa shape index (κ2) is 3.72. The summed E-state index contributed by atoms with van der Waals surface area (Å²) in [5.74, 6) is 0. The summed E-state index contributed by atoms with van der Waals surface area (Å²) in [5.41, 5.74) is 1.91. The molecule has 0 spiro atoms. The molecular weight excluding hydrogens is 218 g/mol. The number of thiophene rings is 1. The van der Waals surface area contributed by atoms with Crippen LogP contribution in [0.3, 0.4) is 0 Å². The molecule has 0 aliphatic carbocycles. The maximum atomic E-state index is 4.43. The second-order valence-corrected chi connectivity index (χ2v) is 5.10. The van der Waals surface area contributed by atoms with E-state index in [0.29, 0.717) is 0 Å². The number of rotatable bonds is 2. The van der Waals surface area contributed by atoms with Crippen molar-refractivity contribution in [2.45, 2.75) is 13.5 Å². The second-order valence-electron chi connectivity index (χ2n) is 3.73. The molecule has 3 rings (SSSR count). The third kappa shape index (κ3) is 1.72. The molecule has 0 N–H and O–H groups in total. The normalized spacial score (nSPS) is 11.1. The molecule has 0 aliphatic rings. The van der Waals surface area contributed by atoms with Crippen molar-refractivity contribution in [1.29, 1.82) is 0 Å². The summed E-state index contributed by atoms with van der Waals surface area (Å²) in [6, 6.07) is 12.2. The van der Waals surface area contributed by atoms with Crippen LogP contribution in [0.5, 0.6) is 0 Å². The Kier molecular flexibility index (Phi) is 2.22. The van der Waals surface area contributed by atoms with E-state index in [9.17, 15) is 0 Å². The van der Waals surface area contributed by atoms with Crippen LogP contribution in [-0.4, -0.2) is 15.0 Å². The van der Waals surface area contributed by atoms with Gasteiger partial charge in [-0.1, -0.05) is 12.1 Å². The third-order valence-electron chi connectivity index (χ3n) is 2.42. The van der Waals surface area contributed by atoms with E-state index in [1.54, 1.807) is 16.1 Å². The van der Waals surface area contributed by atoms with Gasteiger partial charge in [-0.2, -0.15) is 15.0 Å². The molecule has 1 aromatic carbocycles. The van der Waals surface area contributed by atoms with E-state index in [1.807, 2.05) is 24.3 Å². The van der Waals surface area contributed by atoms with Crippen LogP contribution >= 0.6 is 11.3 Å². The summed E-state index contributed by atoms with van der Waals surface area (Å²) in [4.78, 5) is 4.38. The van der Waals surface area contributed by atoms with Gasteiger partial charge in [0.2, 0.25) is 0 Å². The third-order valence-corrected chi connectivity index (χ3v) is 3.41. The van der Waals surface area contributed by atoms with Crippen LogP contribution in [0.1, 0.15) is 9.75 Å². The average Bonchev–Trinajstić information content (AvgIpc) is 2.84. The minimum absolute atomic E-state index is 0.757. The zero-order valence-electron chi connectivity index (χ0n) is 8.92. The van der Waals surface area contributed by atoms with Crippen LogP contribution < -0.4 is 0 Å². The number of hydrogen-bond donors (Lipinski definition) is 0. The molecule has 16 heavy (non-hydrogen) atoms. The number of fused-ring (bicyclic) bond motifs is 1. The number of aryl methyl sites for hydroxylation is 1. The lowest BCUT2D eigenvalue weighted by Gasteiger charge is -1.94. The topological polar surface area (TPSA) is 30.7 Å². The van der Waals surface area contributed by atoms with Crippen LogP contribution in [0.4, 0.5) is 0 Å². The van der Waals surface area contributed by atoms with Crippen molar-refractivity contribution in [1.82, 2.24) is 15.0 Å². The highest BCUT2D eigenvalue weighted by Gasteiger charge is 2.03. The van der Waals surface area contributed by atoms with Crippen LogP contribution in [0, 0.1) is 6.92 Å². The zero-order chi connectivity index (χ0) is 11.0. The smallest absolute Gasteiger partial charge is 0.113 e. The molecule has 80 valence electrons. The van der Waals surface area contributed by atoms with E-state index in [0.717, 1.165) is 17.6 Å². The van der Waals surface area contributed by atoms with Crippen molar-refractivity contribution in [3.8, 4) is 0 Å². The highest BCUT2D eigenvalue weighted by Crippen LogP contribution is 2.16. The fourth-order valence-corrected chi connectivity index (χ4v) is 2.55. The van der Waals surface area contributed by atoms with Crippen LogP contribution in [0.25, 0.3) is 11.0 Å². The minimum Gasteiger partial charge on any atom is -0.178 e. The Morgan fingerprint density at radius 2 is 1.75 bits per heavy atom. The molecule has 0 radical (unpaired) electrons. The maximum absolute atomic E-state index is 4.43. The number of aromatic nitrogens is 3. The Bertz CT molecular complexity index is 591. The molecule has 0 bridgehead atoms. The Morgan fingerprint density at radius 3 is 2.31 bits per heavy atom. The molecule has 0 saturated heterocycles. The zero-order valence-corrected chi connectivity index (χ0v) is 9.74. The predicted molar refractivity (Wildman–Crippen MR) is 65.7 cm³/mol. The fraction of sp³-hybridized carbons (Fsp3) is 0.167. The first-order valence-electron chi connectivity index (χ1n) is 5.16. The van der Waals surface area contributed by atoms with Gasteiger partial charge in [-0.3, -0.25) is 0 Å². The van der Waals surface area contributed by atoms with Crippen molar-refractivity contribution in [3.05, 3.63) is 46.2 Å². The number of hydrogen-bond acceptors (Lipinski definition) is 3. The van der Waals surface area contributed by atoms with Crippen LogP contribution in [0.2, 0.25) is 0 Å². The first-order valence-corrected chi connectivity index (χ1v) is 5.98. The quantitative estimate of drug-likeness (QED) is 0.676. The lowest BCUT2D eigenvalue weighted by atomic mass is 10.3. The molecule has 2 aromatic heterocycles. The highest BCUT2D eigenvalue weighted by atomic mass is 32.1. The minimum atomic E-state index is 0.757. The van der Waals surface area contributed by atoms with Gasteiger partial charge in [0.25, 0.3) is 0 Å². The first kappa shape index (κ1) is 9.54. The predicted octanol–water partition coefficient (Wildman–Crippen LogP) is 2.85. The Balaban J connectivity index is 1.95. The fourth-order valence-electron chi connectivity index (χ4n) is 1.68. The number of benzene rings is 1.